The van der Waals surface area contributed by atoms with Gasteiger partial charge in [-0.05, 0) is 12.5 Å². The second kappa shape index (κ2) is 6.33. The zero-order chi connectivity index (χ0) is 12.7. The van der Waals surface area contributed by atoms with Gasteiger partial charge in [0.05, 0.1) is 6.42 Å². The third-order valence-corrected chi connectivity index (χ3v) is 3.11. The first-order chi connectivity index (χ1) is 7.97. The van der Waals surface area contributed by atoms with Gasteiger partial charge in [-0.25, -0.2) is 0 Å². The Morgan fingerprint density at radius 3 is 2.18 bits per heavy atom. The van der Waals surface area contributed by atoms with Crippen molar-refractivity contribution in [1.82, 2.24) is 0 Å². The van der Waals surface area contributed by atoms with Crippen molar-refractivity contribution in [2.75, 3.05) is 0 Å². The van der Waals surface area contributed by atoms with Crippen LogP contribution in [0.1, 0.15) is 17.5 Å². The fourth-order valence-corrected chi connectivity index (χ4v) is 1.91. The second-order valence-corrected chi connectivity index (χ2v) is 9.99. The van der Waals surface area contributed by atoms with Gasteiger partial charge in [0.2, 0.25) is 0 Å². The van der Waals surface area contributed by atoms with E-state index < -0.39 is 8.07 Å². The maximum Gasteiger partial charge on any atom is 0.129 e. The Kier molecular flexibility index (Phi) is 5.07. The molecule has 0 aliphatic carbocycles. The van der Waals surface area contributed by atoms with Crippen molar-refractivity contribution in [3.8, 4) is 23.3 Å². The van der Waals surface area contributed by atoms with Crippen molar-refractivity contribution >= 4 is 8.07 Å². The van der Waals surface area contributed by atoms with Crippen LogP contribution in [-0.4, -0.2) is 8.07 Å². The molecule has 0 saturated carbocycles. The molecule has 17 heavy (non-hydrogen) atoms. The molecule has 0 spiro atoms. The summed E-state index contributed by atoms with van der Waals surface area (Å²) < 4.78 is 0. The highest BCUT2D eigenvalue weighted by Crippen LogP contribution is 2.03. The van der Waals surface area contributed by atoms with Crippen LogP contribution < -0.4 is 0 Å². The van der Waals surface area contributed by atoms with E-state index in [-0.39, 0.29) is 0 Å². The maximum absolute atomic E-state index is 3.31. The number of benzene rings is 1. The number of rotatable bonds is 1. The molecular weight excluding hydrogens is 220 g/mol. The van der Waals surface area contributed by atoms with Gasteiger partial charge in [0.1, 0.15) is 8.07 Å². The number of hydrogen-bond donors (Lipinski definition) is 0. The first kappa shape index (κ1) is 13.6. The summed E-state index contributed by atoms with van der Waals surface area (Å²) in [4.78, 5) is 0. The van der Waals surface area contributed by atoms with E-state index in [2.05, 4.69) is 74.1 Å². The fraction of sp³-hybridized carbons (Fsp3) is 0.375. The Morgan fingerprint density at radius 2 is 1.59 bits per heavy atom. The maximum atomic E-state index is 3.31. The van der Waals surface area contributed by atoms with E-state index in [1.165, 1.54) is 11.1 Å². The lowest BCUT2D eigenvalue weighted by atomic mass is 10.1. The fourth-order valence-electron chi connectivity index (χ4n) is 1.29. The van der Waals surface area contributed by atoms with Gasteiger partial charge >= 0.3 is 0 Å². The number of aryl methyl sites for hydroxylation is 1. The molecule has 0 fully saturated rings. The van der Waals surface area contributed by atoms with Gasteiger partial charge in [0, 0.05) is 6.42 Å². The highest BCUT2D eigenvalue weighted by Gasteiger charge is 2.06. The van der Waals surface area contributed by atoms with E-state index in [1.54, 1.807) is 0 Å². The van der Waals surface area contributed by atoms with E-state index in [0.29, 0.717) is 6.42 Å². The van der Waals surface area contributed by atoms with Crippen LogP contribution in [0.3, 0.4) is 0 Å². The van der Waals surface area contributed by atoms with Gasteiger partial charge in [-0.1, -0.05) is 67.2 Å². The molecule has 1 heteroatoms. The van der Waals surface area contributed by atoms with Gasteiger partial charge in [0.25, 0.3) is 0 Å². The third-order valence-electron chi connectivity index (χ3n) is 2.18. The van der Waals surface area contributed by atoms with Gasteiger partial charge in [-0.2, -0.15) is 0 Å². The smallest absolute Gasteiger partial charge is 0.129 e. The molecule has 0 amide bonds. The van der Waals surface area contributed by atoms with Gasteiger partial charge in [-0.15, -0.1) is 5.54 Å². The number of hydrogen-bond acceptors (Lipinski definition) is 0. The molecule has 0 aromatic heterocycles. The Balaban J connectivity index is 2.41. The lowest BCUT2D eigenvalue weighted by Crippen LogP contribution is -2.16. The average molecular weight is 240 g/mol. The van der Waals surface area contributed by atoms with E-state index in [9.17, 15) is 0 Å². The van der Waals surface area contributed by atoms with Crippen LogP contribution in [0, 0.1) is 30.2 Å². The molecule has 0 aliphatic rings. The Bertz CT molecular complexity index is 467. The Labute approximate surface area is 106 Å². The molecule has 1 rings (SSSR count). The molecule has 0 heterocycles. The molecule has 0 radical (unpaired) electrons. The molecule has 1 aromatic rings. The second-order valence-electron chi connectivity index (χ2n) is 5.24. The van der Waals surface area contributed by atoms with Crippen LogP contribution in [0.2, 0.25) is 19.6 Å². The highest BCUT2D eigenvalue weighted by molar-refractivity contribution is 6.83. The molecule has 0 saturated heterocycles. The van der Waals surface area contributed by atoms with Crippen LogP contribution in [-0.2, 0) is 6.42 Å². The predicted octanol–water partition coefficient (Wildman–Crippen LogP) is 3.81. The quantitative estimate of drug-likeness (QED) is 0.517. The SMILES string of the molecule is Cc1ccc(CC#CCC#C[Si](C)(C)C)cc1. The third kappa shape index (κ3) is 6.67. The van der Waals surface area contributed by atoms with E-state index >= 15 is 0 Å². The van der Waals surface area contributed by atoms with Crippen molar-refractivity contribution in [3.05, 3.63) is 35.4 Å². The first-order valence-corrected chi connectivity index (χ1v) is 9.49. The molecule has 0 unspecified atom stereocenters. The standard InChI is InChI=1S/C16H20Si/c1-15-10-12-16(13-11-15)9-7-5-6-8-14-17(2,3)4/h10-13H,6,9H2,1-4H3. The van der Waals surface area contributed by atoms with Crippen molar-refractivity contribution < 1.29 is 0 Å². The normalized spacial score (nSPS) is 9.88. The minimum atomic E-state index is -1.22. The van der Waals surface area contributed by atoms with Crippen LogP contribution in [0.25, 0.3) is 0 Å². The topological polar surface area (TPSA) is 0 Å². The van der Waals surface area contributed by atoms with Gasteiger partial charge in [0.15, 0.2) is 0 Å². The molecule has 1 aromatic carbocycles. The van der Waals surface area contributed by atoms with Crippen molar-refractivity contribution in [1.29, 1.82) is 0 Å². The summed E-state index contributed by atoms with van der Waals surface area (Å²) in [5.74, 6) is 9.45. The van der Waals surface area contributed by atoms with E-state index in [0.717, 1.165) is 6.42 Å². The largest absolute Gasteiger partial charge is 0.131 e. The zero-order valence-corrected chi connectivity index (χ0v) is 12.2. The summed E-state index contributed by atoms with van der Waals surface area (Å²) in [5.41, 5.74) is 5.89. The molecular formula is C16H20Si. The monoisotopic (exact) mass is 240 g/mol. The summed E-state index contributed by atoms with van der Waals surface area (Å²) in [6.45, 7) is 8.85. The molecule has 0 aliphatic heterocycles. The van der Waals surface area contributed by atoms with Crippen LogP contribution in [0.5, 0.6) is 0 Å². The molecule has 88 valence electrons. The minimum absolute atomic E-state index is 0.704. The minimum Gasteiger partial charge on any atom is -0.131 e. The van der Waals surface area contributed by atoms with E-state index in [4.69, 9.17) is 0 Å². The van der Waals surface area contributed by atoms with E-state index in [1.807, 2.05) is 0 Å². The average Bonchev–Trinajstić information content (AvgIpc) is 2.24. The van der Waals surface area contributed by atoms with Crippen molar-refractivity contribution in [3.63, 3.8) is 0 Å². The molecule has 0 nitrogen and oxygen atoms in total. The van der Waals surface area contributed by atoms with Crippen molar-refractivity contribution in [2.45, 2.75) is 39.4 Å². The Hall–Kier alpha value is -1.44. The predicted molar refractivity (Wildman–Crippen MR) is 78.4 cm³/mol. The summed E-state index contributed by atoms with van der Waals surface area (Å²) in [5, 5.41) is 0. The van der Waals surface area contributed by atoms with Gasteiger partial charge < -0.3 is 0 Å². The summed E-state index contributed by atoms with van der Waals surface area (Å²) >= 11 is 0. The summed E-state index contributed by atoms with van der Waals surface area (Å²) in [6, 6.07) is 8.53. The van der Waals surface area contributed by atoms with Crippen molar-refractivity contribution in [2.24, 2.45) is 0 Å². The van der Waals surface area contributed by atoms with Crippen LogP contribution in [0.15, 0.2) is 24.3 Å². The lowest BCUT2D eigenvalue weighted by Gasteiger charge is -2.02. The Morgan fingerprint density at radius 1 is 0.941 bits per heavy atom. The van der Waals surface area contributed by atoms with Crippen LogP contribution in [0.4, 0.5) is 0 Å². The molecule has 0 atom stereocenters. The van der Waals surface area contributed by atoms with Gasteiger partial charge in [-0.3, -0.25) is 0 Å². The first-order valence-electron chi connectivity index (χ1n) is 5.99. The lowest BCUT2D eigenvalue weighted by molar-refractivity contribution is 1.29. The zero-order valence-electron chi connectivity index (χ0n) is 11.2. The summed E-state index contributed by atoms with van der Waals surface area (Å²) in [6.07, 6.45) is 1.53. The summed E-state index contributed by atoms with van der Waals surface area (Å²) in [7, 11) is -1.22. The van der Waals surface area contributed by atoms with Crippen LogP contribution >= 0.6 is 0 Å². The highest BCUT2D eigenvalue weighted by atomic mass is 28.3. The molecule has 0 N–H and O–H groups in total. The molecule has 0 bridgehead atoms.